The summed E-state index contributed by atoms with van der Waals surface area (Å²) in [5.41, 5.74) is 6.55. The number of unbranched alkanes of at least 4 members (excludes halogenated alkanes) is 2. The zero-order valence-electron chi connectivity index (χ0n) is 13.3. The Labute approximate surface area is 158 Å². The first kappa shape index (κ1) is 21.8. The fourth-order valence-electron chi connectivity index (χ4n) is 1.79. The smallest absolute Gasteiger partial charge is 0.305 e. The van der Waals surface area contributed by atoms with Crippen LogP contribution in [0, 0.1) is 0 Å². The number of esters is 1. The van der Waals surface area contributed by atoms with E-state index in [2.05, 4.69) is 15.0 Å². The molecule has 8 heteroatoms. The van der Waals surface area contributed by atoms with Crippen molar-refractivity contribution < 1.29 is 14.3 Å². The molecule has 0 amide bonds. The Morgan fingerprint density at radius 2 is 2.04 bits per heavy atom. The van der Waals surface area contributed by atoms with Gasteiger partial charge < -0.3 is 20.5 Å². The fourth-order valence-corrected chi connectivity index (χ4v) is 2.05. The molecule has 0 aliphatic heterocycles. The minimum absolute atomic E-state index is 0. The minimum atomic E-state index is -0.180. The molecule has 1 aromatic rings. The van der Waals surface area contributed by atoms with Crippen LogP contribution in [-0.2, 0) is 9.53 Å². The third kappa shape index (κ3) is 8.85. The first-order valence-corrected chi connectivity index (χ1v) is 7.42. The predicted octanol–water partition coefficient (Wildman–Crippen LogP) is 3.43. The number of aliphatic imine (C=N–C) groups is 1. The number of carbonyl (C=O) groups is 1. The van der Waals surface area contributed by atoms with E-state index in [0.717, 1.165) is 24.9 Å². The first-order valence-electron chi connectivity index (χ1n) is 7.04. The van der Waals surface area contributed by atoms with Crippen molar-refractivity contribution in [1.29, 1.82) is 0 Å². The van der Waals surface area contributed by atoms with Crippen LogP contribution in [0.4, 0.5) is 5.69 Å². The highest BCUT2D eigenvalue weighted by Crippen LogP contribution is 2.26. The lowest BCUT2D eigenvalue weighted by molar-refractivity contribution is -0.140. The Morgan fingerprint density at radius 3 is 2.65 bits per heavy atom. The van der Waals surface area contributed by atoms with Gasteiger partial charge in [0.1, 0.15) is 5.75 Å². The predicted molar refractivity (Wildman–Crippen MR) is 104 cm³/mol. The van der Waals surface area contributed by atoms with Crippen molar-refractivity contribution in [2.24, 2.45) is 10.7 Å². The van der Waals surface area contributed by atoms with E-state index < -0.39 is 0 Å². The number of nitrogens with two attached hydrogens (primary N) is 1. The van der Waals surface area contributed by atoms with E-state index >= 15 is 0 Å². The molecule has 0 radical (unpaired) electrons. The van der Waals surface area contributed by atoms with Crippen molar-refractivity contribution in [2.45, 2.75) is 25.7 Å². The molecule has 1 aromatic carbocycles. The summed E-state index contributed by atoms with van der Waals surface area (Å²) >= 11 is 6.03. The van der Waals surface area contributed by atoms with Crippen LogP contribution >= 0.6 is 35.6 Å². The van der Waals surface area contributed by atoms with Crippen LogP contribution in [0.5, 0.6) is 5.75 Å². The molecule has 0 spiro atoms. The molecule has 0 aromatic heterocycles. The van der Waals surface area contributed by atoms with Crippen molar-refractivity contribution in [1.82, 2.24) is 0 Å². The molecule has 6 nitrogen and oxygen atoms in total. The van der Waals surface area contributed by atoms with E-state index in [4.69, 9.17) is 22.1 Å². The van der Waals surface area contributed by atoms with Gasteiger partial charge in [-0.25, -0.2) is 0 Å². The molecule has 0 saturated heterocycles. The van der Waals surface area contributed by atoms with E-state index in [0.29, 0.717) is 29.7 Å². The van der Waals surface area contributed by atoms with Crippen LogP contribution in [0.2, 0.25) is 5.02 Å². The van der Waals surface area contributed by atoms with Crippen molar-refractivity contribution in [2.75, 3.05) is 26.1 Å². The second kappa shape index (κ2) is 12.2. The highest BCUT2D eigenvalue weighted by atomic mass is 127. The molecule has 3 N–H and O–H groups in total. The lowest BCUT2D eigenvalue weighted by Gasteiger charge is -2.08. The molecule has 0 atom stereocenters. The van der Waals surface area contributed by atoms with E-state index in [-0.39, 0.29) is 29.9 Å². The Bertz CT molecular complexity index is 527. The SMILES string of the molecule is COC(=O)CCCCCN=C(N)Nc1ccc(OC)c(Cl)c1.I. The second-order valence-electron chi connectivity index (χ2n) is 4.63. The monoisotopic (exact) mass is 455 g/mol. The maximum absolute atomic E-state index is 10.9. The Hall–Kier alpha value is -1.22. The van der Waals surface area contributed by atoms with Gasteiger partial charge in [0.05, 0.1) is 19.2 Å². The van der Waals surface area contributed by atoms with Crippen LogP contribution in [0.1, 0.15) is 25.7 Å². The van der Waals surface area contributed by atoms with Gasteiger partial charge in [-0.2, -0.15) is 0 Å². The topological polar surface area (TPSA) is 85.9 Å². The molecule has 23 heavy (non-hydrogen) atoms. The van der Waals surface area contributed by atoms with Crippen LogP contribution in [0.3, 0.4) is 0 Å². The number of ether oxygens (including phenoxy) is 2. The number of benzene rings is 1. The molecule has 0 aliphatic rings. The molecule has 0 unspecified atom stereocenters. The van der Waals surface area contributed by atoms with E-state index in [1.807, 2.05) is 6.07 Å². The average molecular weight is 456 g/mol. The third-order valence-corrected chi connectivity index (χ3v) is 3.27. The Morgan fingerprint density at radius 1 is 1.30 bits per heavy atom. The second-order valence-corrected chi connectivity index (χ2v) is 5.04. The average Bonchev–Trinajstić information content (AvgIpc) is 2.50. The molecule has 0 aliphatic carbocycles. The molecular weight excluding hydrogens is 433 g/mol. The van der Waals surface area contributed by atoms with Gasteiger partial charge in [-0.3, -0.25) is 9.79 Å². The number of guanidine groups is 1. The summed E-state index contributed by atoms with van der Waals surface area (Å²) in [6, 6.07) is 5.29. The summed E-state index contributed by atoms with van der Waals surface area (Å²) in [4.78, 5) is 15.2. The highest BCUT2D eigenvalue weighted by molar-refractivity contribution is 14.0. The molecule has 0 saturated carbocycles. The number of halogens is 2. The van der Waals surface area contributed by atoms with Crippen molar-refractivity contribution in [3.63, 3.8) is 0 Å². The molecular formula is C15H23ClIN3O3. The Kier molecular flexibility index (Phi) is 11.6. The minimum Gasteiger partial charge on any atom is -0.495 e. The molecule has 1 rings (SSSR count). The fraction of sp³-hybridized carbons (Fsp3) is 0.467. The van der Waals surface area contributed by atoms with Gasteiger partial charge in [-0.05, 0) is 31.0 Å². The highest BCUT2D eigenvalue weighted by Gasteiger charge is 2.02. The van der Waals surface area contributed by atoms with Gasteiger partial charge in [0.15, 0.2) is 5.96 Å². The number of hydrogen-bond donors (Lipinski definition) is 2. The molecule has 130 valence electrons. The molecule has 0 fully saturated rings. The van der Waals surface area contributed by atoms with E-state index in [1.54, 1.807) is 19.2 Å². The number of rotatable bonds is 8. The number of carbonyl (C=O) groups excluding carboxylic acids is 1. The zero-order chi connectivity index (χ0) is 16.4. The molecule has 0 bridgehead atoms. The number of methoxy groups -OCH3 is 2. The summed E-state index contributed by atoms with van der Waals surface area (Å²) in [5.74, 6) is 0.753. The van der Waals surface area contributed by atoms with Crippen LogP contribution in [0.15, 0.2) is 23.2 Å². The summed E-state index contributed by atoms with van der Waals surface area (Å²) in [6.07, 6.45) is 3.00. The van der Waals surface area contributed by atoms with Gasteiger partial charge in [0, 0.05) is 18.7 Å². The van der Waals surface area contributed by atoms with Gasteiger partial charge in [-0.15, -0.1) is 24.0 Å². The van der Waals surface area contributed by atoms with E-state index in [1.165, 1.54) is 7.11 Å². The standard InChI is InChI=1S/C15H22ClN3O3.HI/c1-21-13-8-7-11(10-12(13)16)19-15(17)18-9-5-3-4-6-14(20)22-2;/h7-8,10H,3-6,9H2,1-2H3,(H3,17,18,19);1H. The van der Waals surface area contributed by atoms with E-state index in [9.17, 15) is 4.79 Å². The van der Waals surface area contributed by atoms with Gasteiger partial charge in [0.25, 0.3) is 0 Å². The van der Waals surface area contributed by atoms with Gasteiger partial charge in [-0.1, -0.05) is 18.0 Å². The normalized spacial score (nSPS) is 10.7. The van der Waals surface area contributed by atoms with Gasteiger partial charge in [0.2, 0.25) is 0 Å². The van der Waals surface area contributed by atoms with Crippen LogP contribution in [-0.4, -0.2) is 32.7 Å². The largest absolute Gasteiger partial charge is 0.495 e. The maximum Gasteiger partial charge on any atom is 0.305 e. The zero-order valence-corrected chi connectivity index (χ0v) is 16.4. The van der Waals surface area contributed by atoms with Gasteiger partial charge >= 0.3 is 5.97 Å². The molecule has 0 heterocycles. The Balaban J connectivity index is 0.00000484. The summed E-state index contributed by atoms with van der Waals surface area (Å²) in [7, 11) is 2.95. The summed E-state index contributed by atoms with van der Waals surface area (Å²) < 4.78 is 9.65. The quantitative estimate of drug-likeness (QED) is 0.206. The van der Waals surface area contributed by atoms with Crippen molar-refractivity contribution in [3.8, 4) is 5.75 Å². The van der Waals surface area contributed by atoms with Crippen LogP contribution in [0.25, 0.3) is 0 Å². The number of nitrogens with zero attached hydrogens (tertiary/aromatic N) is 1. The number of hydrogen-bond acceptors (Lipinski definition) is 4. The van der Waals surface area contributed by atoms with Crippen molar-refractivity contribution in [3.05, 3.63) is 23.2 Å². The van der Waals surface area contributed by atoms with Crippen LogP contribution < -0.4 is 15.8 Å². The number of nitrogens with one attached hydrogen (secondary N) is 1. The third-order valence-electron chi connectivity index (χ3n) is 2.97. The summed E-state index contributed by atoms with van der Waals surface area (Å²) in [6.45, 7) is 0.601. The first-order chi connectivity index (χ1) is 10.6. The summed E-state index contributed by atoms with van der Waals surface area (Å²) in [5, 5.41) is 3.47. The lowest BCUT2D eigenvalue weighted by Crippen LogP contribution is -2.22. The van der Waals surface area contributed by atoms with Crippen molar-refractivity contribution >= 4 is 53.2 Å². The maximum atomic E-state index is 10.9. The number of anilines is 1. The lowest BCUT2D eigenvalue weighted by atomic mass is 10.2.